The second kappa shape index (κ2) is 9.75. The second-order valence-electron chi connectivity index (χ2n) is 7.64. The number of aliphatic hydroxyl groups excluding tert-OH is 1. The summed E-state index contributed by atoms with van der Waals surface area (Å²) in [5, 5.41) is 13.1. The van der Waals surface area contributed by atoms with E-state index in [1.807, 2.05) is 4.90 Å². The van der Waals surface area contributed by atoms with Crippen LogP contribution in [0.1, 0.15) is 23.4 Å². The van der Waals surface area contributed by atoms with Crippen molar-refractivity contribution in [3.63, 3.8) is 0 Å². The Bertz CT molecular complexity index is 1210. The number of aliphatic hydroxyl groups is 1. The van der Waals surface area contributed by atoms with Crippen molar-refractivity contribution >= 4 is 22.5 Å². The first-order valence-corrected chi connectivity index (χ1v) is 10.6. The van der Waals surface area contributed by atoms with Crippen LogP contribution in [0, 0.1) is 12.7 Å². The lowest BCUT2D eigenvalue weighted by atomic mass is 10.1. The SMILES string of the molecule is Cc1nc(NCc2cccc(C(F)F)c2F)c2cc(N3CCOCC3)c(=O)n(CCO)c2n1. The number of aromatic nitrogens is 3. The lowest BCUT2D eigenvalue weighted by Gasteiger charge is -2.29. The Balaban J connectivity index is 1.79. The number of ether oxygens (including phenoxy) is 1. The number of aryl methyl sites for hydroxylation is 1. The van der Waals surface area contributed by atoms with Crippen molar-refractivity contribution in [2.75, 3.05) is 43.1 Å². The van der Waals surface area contributed by atoms with E-state index >= 15 is 0 Å². The maximum absolute atomic E-state index is 14.5. The number of alkyl halides is 2. The predicted octanol–water partition coefficient (Wildman–Crippen LogP) is 2.62. The molecule has 0 bridgehead atoms. The first-order chi connectivity index (χ1) is 15.9. The maximum Gasteiger partial charge on any atom is 0.275 e. The summed E-state index contributed by atoms with van der Waals surface area (Å²) in [5.74, 6) is -0.279. The lowest BCUT2D eigenvalue weighted by molar-refractivity contribution is 0.122. The van der Waals surface area contributed by atoms with Crippen LogP contribution in [0.15, 0.2) is 29.1 Å². The van der Waals surface area contributed by atoms with E-state index in [-0.39, 0.29) is 30.8 Å². The summed E-state index contributed by atoms with van der Waals surface area (Å²) in [6.07, 6.45) is -2.92. The molecule has 3 heterocycles. The molecule has 8 nitrogen and oxygen atoms in total. The fourth-order valence-electron chi connectivity index (χ4n) is 3.89. The van der Waals surface area contributed by atoms with Gasteiger partial charge in [0.1, 0.15) is 28.8 Å². The number of pyridine rings is 1. The normalized spacial score (nSPS) is 14.3. The number of nitrogens with one attached hydrogen (secondary N) is 1. The van der Waals surface area contributed by atoms with Crippen LogP contribution in [0.25, 0.3) is 11.0 Å². The largest absolute Gasteiger partial charge is 0.395 e. The number of hydrogen-bond acceptors (Lipinski definition) is 7. The topological polar surface area (TPSA) is 92.5 Å². The molecular weight excluding hydrogens is 439 g/mol. The highest BCUT2D eigenvalue weighted by molar-refractivity contribution is 5.89. The maximum atomic E-state index is 14.5. The zero-order valence-electron chi connectivity index (χ0n) is 18.0. The molecule has 1 aliphatic heterocycles. The van der Waals surface area contributed by atoms with Gasteiger partial charge in [0.15, 0.2) is 0 Å². The average Bonchev–Trinajstić information content (AvgIpc) is 2.80. The van der Waals surface area contributed by atoms with Crippen molar-refractivity contribution in [1.82, 2.24) is 14.5 Å². The van der Waals surface area contributed by atoms with Crippen molar-refractivity contribution < 1.29 is 23.0 Å². The predicted molar refractivity (Wildman–Crippen MR) is 117 cm³/mol. The summed E-state index contributed by atoms with van der Waals surface area (Å²) < 4.78 is 47.4. The molecule has 33 heavy (non-hydrogen) atoms. The van der Waals surface area contributed by atoms with Crippen molar-refractivity contribution in [2.45, 2.75) is 26.4 Å². The molecule has 0 unspecified atom stereocenters. The van der Waals surface area contributed by atoms with Gasteiger partial charge in [-0.2, -0.15) is 0 Å². The molecule has 0 atom stereocenters. The monoisotopic (exact) mass is 463 g/mol. The van der Waals surface area contributed by atoms with Crippen molar-refractivity contribution in [2.24, 2.45) is 0 Å². The molecule has 0 aliphatic carbocycles. The Morgan fingerprint density at radius 2 is 2.00 bits per heavy atom. The van der Waals surface area contributed by atoms with Crippen LogP contribution in [0.5, 0.6) is 0 Å². The molecular formula is C22H24F3N5O3. The van der Waals surface area contributed by atoms with Crippen LogP contribution >= 0.6 is 0 Å². The highest BCUT2D eigenvalue weighted by atomic mass is 19.3. The smallest absolute Gasteiger partial charge is 0.275 e. The van der Waals surface area contributed by atoms with Gasteiger partial charge in [0.25, 0.3) is 12.0 Å². The van der Waals surface area contributed by atoms with Crippen LogP contribution in [-0.2, 0) is 17.8 Å². The third-order valence-electron chi connectivity index (χ3n) is 5.50. The van der Waals surface area contributed by atoms with Crippen LogP contribution < -0.4 is 15.8 Å². The number of nitrogens with zero attached hydrogens (tertiary/aromatic N) is 4. The number of halogens is 3. The molecule has 2 aromatic heterocycles. The van der Waals surface area contributed by atoms with Crippen LogP contribution in [0.4, 0.5) is 24.7 Å². The molecule has 1 aliphatic rings. The molecule has 1 aromatic carbocycles. The summed E-state index contributed by atoms with van der Waals surface area (Å²) in [6, 6.07) is 5.52. The number of hydrogen-bond donors (Lipinski definition) is 2. The van der Waals surface area contributed by atoms with Crippen molar-refractivity contribution in [3.8, 4) is 0 Å². The van der Waals surface area contributed by atoms with Gasteiger partial charge in [0, 0.05) is 25.2 Å². The minimum Gasteiger partial charge on any atom is -0.395 e. The molecule has 4 rings (SSSR count). The Labute approximate surface area is 187 Å². The fraction of sp³-hybridized carbons (Fsp3) is 0.409. The van der Waals surface area contributed by atoms with Crippen LogP contribution in [0.2, 0.25) is 0 Å². The summed E-state index contributed by atoms with van der Waals surface area (Å²) in [6.45, 7) is 3.34. The number of anilines is 2. The number of benzene rings is 1. The molecule has 0 saturated carbocycles. The summed E-state index contributed by atoms with van der Waals surface area (Å²) in [4.78, 5) is 23.9. The first kappa shape index (κ1) is 23.0. The molecule has 1 saturated heterocycles. The summed E-state index contributed by atoms with van der Waals surface area (Å²) in [5.41, 5.74) is -0.152. The molecule has 1 fully saturated rings. The highest BCUT2D eigenvalue weighted by Crippen LogP contribution is 2.27. The third kappa shape index (κ3) is 4.64. The van der Waals surface area contributed by atoms with E-state index in [0.717, 1.165) is 6.07 Å². The third-order valence-corrected chi connectivity index (χ3v) is 5.50. The Morgan fingerprint density at radius 1 is 1.24 bits per heavy atom. The van der Waals surface area contributed by atoms with E-state index in [1.54, 1.807) is 13.0 Å². The minimum atomic E-state index is -2.92. The number of rotatable bonds is 7. The lowest BCUT2D eigenvalue weighted by Crippen LogP contribution is -2.40. The van der Waals surface area contributed by atoms with Gasteiger partial charge >= 0.3 is 0 Å². The van der Waals surface area contributed by atoms with Crippen molar-refractivity contribution in [1.29, 1.82) is 0 Å². The minimum absolute atomic E-state index is 0.0362. The quantitative estimate of drug-likeness (QED) is 0.557. The summed E-state index contributed by atoms with van der Waals surface area (Å²) in [7, 11) is 0. The van der Waals surface area contributed by atoms with Crippen LogP contribution in [-0.4, -0.2) is 52.6 Å². The van der Waals surface area contributed by atoms with E-state index in [9.17, 15) is 23.1 Å². The zero-order valence-corrected chi connectivity index (χ0v) is 18.0. The van der Waals surface area contributed by atoms with E-state index in [0.29, 0.717) is 54.7 Å². The van der Waals surface area contributed by atoms with Gasteiger partial charge in [0.2, 0.25) is 0 Å². The Kier molecular flexibility index (Phi) is 6.80. The van der Waals surface area contributed by atoms with E-state index in [1.165, 1.54) is 16.7 Å². The van der Waals surface area contributed by atoms with Gasteiger partial charge in [-0.05, 0) is 13.0 Å². The Morgan fingerprint density at radius 3 is 2.70 bits per heavy atom. The molecule has 0 spiro atoms. The van der Waals surface area contributed by atoms with E-state index in [4.69, 9.17) is 4.74 Å². The molecule has 2 N–H and O–H groups in total. The van der Waals surface area contributed by atoms with Gasteiger partial charge < -0.3 is 20.1 Å². The average molecular weight is 463 g/mol. The van der Waals surface area contributed by atoms with Gasteiger partial charge in [-0.15, -0.1) is 0 Å². The van der Waals surface area contributed by atoms with Gasteiger partial charge in [-0.1, -0.05) is 18.2 Å². The van der Waals surface area contributed by atoms with E-state index < -0.39 is 17.8 Å². The fourth-order valence-corrected chi connectivity index (χ4v) is 3.89. The molecule has 176 valence electrons. The number of morpholine rings is 1. The van der Waals surface area contributed by atoms with Gasteiger partial charge in [0.05, 0.1) is 37.3 Å². The van der Waals surface area contributed by atoms with E-state index in [2.05, 4.69) is 15.3 Å². The van der Waals surface area contributed by atoms with Gasteiger partial charge in [-0.25, -0.2) is 23.1 Å². The second-order valence-corrected chi connectivity index (χ2v) is 7.64. The van der Waals surface area contributed by atoms with Crippen molar-refractivity contribution in [3.05, 3.63) is 57.4 Å². The molecule has 0 radical (unpaired) electrons. The first-order valence-electron chi connectivity index (χ1n) is 10.6. The molecule has 11 heteroatoms. The molecule has 0 amide bonds. The standard InChI is InChI=1S/C22H24F3N5O3/c1-13-27-20(26-12-14-3-2-4-15(18(14)23)19(24)25)16-11-17(29-6-9-33-10-7-29)22(32)30(5-8-31)21(16)28-13/h2-4,11,19,31H,5-10,12H2,1H3,(H,26,27,28). The Hall–Kier alpha value is -3.18. The number of fused-ring (bicyclic) bond motifs is 1. The summed E-state index contributed by atoms with van der Waals surface area (Å²) >= 11 is 0. The zero-order chi connectivity index (χ0) is 23.5. The van der Waals surface area contributed by atoms with Gasteiger partial charge in [-0.3, -0.25) is 9.36 Å². The van der Waals surface area contributed by atoms with Crippen LogP contribution in [0.3, 0.4) is 0 Å². The highest BCUT2D eigenvalue weighted by Gasteiger charge is 2.21. The molecule has 3 aromatic rings.